The first-order chi connectivity index (χ1) is 14.8. The lowest BCUT2D eigenvalue weighted by molar-refractivity contribution is 0.0666. The van der Waals surface area contributed by atoms with Crippen LogP contribution in [0.5, 0.6) is 5.75 Å². The molecule has 0 N–H and O–H groups in total. The molecule has 0 fully saturated rings. The summed E-state index contributed by atoms with van der Waals surface area (Å²) in [6.07, 6.45) is 1.55. The molecule has 3 rings (SSSR count). The first-order valence-electron chi connectivity index (χ1n) is 9.72. The van der Waals surface area contributed by atoms with E-state index in [0.29, 0.717) is 36.6 Å². The van der Waals surface area contributed by atoms with Gasteiger partial charge >= 0.3 is 10.1 Å². The Labute approximate surface area is 182 Å². The fourth-order valence-electron chi connectivity index (χ4n) is 3.03. The molecule has 1 aromatic heterocycles. The van der Waals surface area contributed by atoms with Gasteiger partial charge in [-0.15, -0.1) is 0 Å². The Hall–Kier alpha value is -3.10. The van der Waals surface area contributed by atoms with Gasteiger partial charge in [-0.05, 0) is 67.4 Å². The standard InChI is InChI=1S/C23H25NO6S/c1-17-6-7-18(2)22(15-17)31(26,27)30-20-10-8-19(9-11-20)23(25)24(12-14-28-3)16-21-5-4-13-29-21/h4-11,13,15H,12,14,16H2,1-3H3. The van der Waals surface area contributed by atoms with Crippen LogP contribution in [0.2, 0.25) is 0 Å². The van der Waals surface area contributed by atoms with E-state index in [0.717, 1.165) is 5.56 Å². The van der Waals surface area contributed by atoms with Crippen LogP contribution < -0.4 is 4.18 Å². The summed E-state index contributed by atoms with van der Waals surface area (Å²) < 4.78 is 41.1. The van der Waals surface area contributed by atoms with Crippen molar-refractivity contribution in [2.24, 2.45) is 0 Å². The molecule has 0 radical (unpaired) electrons. The van der Waals surface area contributed by atoms with E-state index in [1.165, 1.54) is 24.3 Å². The van der Waals surface area contributed by atoms with Crippen LogP contribution in [0, 0.1) is 13.8 Å². The van der Waals surface area contributed by atoms with E-state index < -0.39 is 10.1 Å². The molecule has 0 saturated heterocycles. The van der Waals surface area contributed by atoms with Gasteiger partial charge in [-0.2, -0.15) is 8.42 Å². The fourth-order valence-corrected chi connectivity index (χ4v) is 4.28. The van der Waals surface area contributed by atoms with Gasteiger partial charge in [0.05, 0.1) is 19.4 Å². The summed E-state index contributed by atoms with van der Waals surface area (Å²) >= 11 is 0. The van der Waals surface area contributed by atoms with Crippen LogP contribution in [0.3, 0.4) is 0 Å². The van der Waals surface area contributed by atoms with Crippen molar-refractivity contribution in [3.63, 3.8) is 0 Å². The molecular weight excluding hydrogens is 418 g/mol. The highest BCUT2D eigenvalue weighted by molar-refractivity contribution is 7.87. The summed E-state index contributed by atoms with van der Waals surface area (Å²) in [5.41, 5.74) is 1.82. The second-order valence-electron chi connectivity index (χ2n) is 7.13. The van der Waals surface area contributed by atoms with Crippen LogP contribution in [0.4, 0.5) is 0 Å². The number of carbonyl (C=O) groups excluding carboxylic acids is 1. The first-order valence-corrected chi connectivity index (χ1v) is 11.1. The molecule has 0 unspecified atom stereocenters. The molecule has 0 bridgehead atoms. The van der Waals surface area contributed by atoms with Gasteiger partial charge in [0.15, 0.2) is 0 Å². The zero-order chi connectivity index (χ0) is 22.4. The van der Waals surface area contributed by atoms with E-state index in [2.05, 4.69) is 0 Å². The number of hydrogen-bond acceptors (Lipinski definition) is 6. The van der Waals surface area contributed by atoms with Crippen molar-refractivity contribution in [1.29, 1.82) is 0 Å². The number of rotatable bonds is 9. The molecule has 2 aromatic carbocycles. The quantitative estimate of drug-likeness (QED) is 0.466. The highest BCUT2D eigenvalue weighted by Gasteiger charge is 2.21. The normalized spacial score (nSPS) is 11.3. The summed E-state index contributed by atoms with van der Waals surface area (Å²) in [6.45, 7) is 4.59. The first kappa shape index (κ1) is 22.6. The number of hydrogen-bond donors (Lipinski definition) is 0. The lowest BCUT2D eigenvalue weighted by atomic mass is 10.2. The van der Waals surface area contributed by atoms with Crippen molar-refractivity contribution in [3.05, 3.63) is 83.3 Å². The predicted molar refractivity (Wildman–Crippen MR) is 115 cm³/mol. The fraction of sp³-hybridized carbons (Fsp3) is 0.261. The third kappa shape index (κ3) is 5.74. The zero-order valence-corrected chi connectivity index (χ0v) is 18.5. The third-order valence-corrected chi connectivity index (χ3v) is 6.09. The highest BCUT2D eigenvalue weighted by Crippen LogP contribution is 2.23. The number of carbonyl (C=O) groups is 1. The molecule has 0 spiro atoms. The summed E-state index contributed by atoms with van der Waals surface area (Å²) in [7, 11) is -2.42. The number of methoxy groups -OCH3 is 1. The SMILES string of the molecule is COCCN(Cc1ccco1)C(=O)c1ccc(OS(=O)(=O)c2cc(C)ccc2C)cc1. The van der Waals surface area contributed by atoms with E-state index in [1.54, 1.807) is 49.5 Å². The molecule has 0 aliphatic rings. The smallest absolute Gasteiger partial charge is 0.339 e. The van der Waals surface area contributed by atoms with Gasteiger partial charge in [-0.3, -0.25) is 4.79 Å². The van der Waals surface area contributed by atoms with Crippen LogP contribution in [0.15, 0.2) is 70.2 Å². The maximum Gasteiger partial charge on any atom is 0.339 e. The lowest BCUT2D eigenvalue weighted by Crippen LogP contribution is -2.33. The molecule has 0 aliphatic heterocycles. The van der Waals surface area contributed by atoms with Gasteiger partial charge in [-0.1, -0.05) is 12.1 Å². The van der Waals surface area contributed by atoms with Gasteiger partial charge in [0.2, 0.25) is 0 Å². The van der Waals surface area contributed by atoms with E-state index >= 15 is 0 Å². The van der Waals surface area contributed by atoms with Crippen LogP contribution >= 0.6 is 0 Å². The minimum absolute atomic E-state index is 0.122. The number of aryl methyl sites for hydroxylation is 2. The Morgan fingerprint density at radius 3 is 2.45 bits per heavy atom. The van der Waals surface area contributed by atoms with Crippen LogP contribution in [-0.4, -0.2) is 39.5 Å². The monoisotopic (exact) mass is 443 g/mol. The Morgan fingerprint density at radius 1 is 1.06 bits per heavy atom. The summed E-state index contributed by atoms with van der Waals surface area (Å²) in [4.78, 5) is 14.7. The van der Waals surface area contributed by atoms with Gasteiger partial charge in [0, 0.05) is 19.2 Å². The molecule has 0 atom stereocenters. The molecule has 1 amide bonds. The van der Waals surface area contributed by atoms with E-state index in [4.69, 9.17) is 13.3 Å². The second kappa shape index (κ2) is 9.80. The van der Waals surface area contributed by atoms with E-state index in [1.807, 2.05) is 13.0 Å². The molecule has 0 saturated carbocycles. The molecule has 1 heterocycles. The van der Waals surface area contributed by atoms with Crippen molar-refractivity contribution < 1.29 is 26.5 Å². The Bertz CT molecular complexity index is 1120. The molecule has 3 aromatic rings. The topological polar surface area (TPSA) is 86.0 Å². The number of nitrogens with zero attached hydrogens (tertiary/aromatic N) is 1. The lowest BCUT2D eigenvalue weighted by Gasteiger charge is -2.21. The molecule has 7 nitrogen and oxygen atoms in total. The molecule has 0 aliphatic carbocycles. The maximum atomic E-state index is 12.9. The largest absolute Gasteiger partial charge is 0.467 e. The predicted octanol–water partition coefficient (Wildman–Crippen LogP) is 3.95. The minimum Gasteiger partial charge on any atom is -0.467 e. The summed E-state index contributed by atoms with van der Waals surface area (Å²) in [5, 5.41) is 0. The van der Waals surface area contributed by atoms with Crippen molar-refractivity contribution in [2.45, 2.75) is 25.3 Å². The van der Waals surface area contributed by atoms with Gasteiger partial charge in [-0.25, -0.2) is 0 Å². The molecule has 8 heteroatoms. The molecular formula is C23H25NO6S. The van der Waals surface area contributed by atoms with Crippen LogP contribution in [0.1, 0.15) is 27.2 Å². The second-order valence-corrected chi connectivity index (χ2v) is 8.64. The summed E-state index contributed by atoms with van der Waals surface area (Å²) in [5.74, 6) is 0.563. The maximum absolute atomic E-state index is 12.9. The van der Waals surface area contributed by atoms with Crippen LogP contribution in [0.25, 0.3) is 0 Å². The molecule has 31 heavy (non-hydrogen) atoms. The summed E-state index contributed by atoms with van der Waals surface area (Å²) in [6, 6.07) is 14.7. The number of furan rings is 1. The van der Waals surface area contributed by atoms with Crippen molar-refractivity contribution >= 4 is 16.0 Å². The van der Waals surface area contributed by atoms with Crippen molar-refractivity contribution in [2.75, 3.05) is 20.3 Å². The van der Waals surface area contributed by atoms with Gasteiger partial charge in [0.1, 0.15) is 16.4 Å². The van der Waals surface area contributed by atoms with Gasteiger partial charge in [0.25, 0.3) is 5.91 Å². The van der Waals surface area contributed by atoms with Crippen LogP contribution in [-0.2, 0) is 21.4 Å². The van der Waals surface area contributed by atoms with Crippen molar-refractivity contribution in [1.82, 2.24) is 4.90 Å². The van der Waals surface area contributed by atoms with Gasteiger partial charge < -0.3 is 18.2 Å². The average molecular weight is 444 g/mol. The Morgan fingerprint density at radius 2 is 1.81 bits per heavy atom. The third-order valence-electron chi connectivity index (χ3n) is 4.70. The average Bonchev–Trinajstić information content (AvgIpc) is 3.26. The number of amides is 1. The van der Waals surface area contributed by atoms with E-state index in [-0.39, 0.29) is 16.6 Å². The molecule has 164 valence electrons. The minimum atomic E-state index is -3.99. The number of benzene rings is 2. The van der Waals surface area contributed by atoms with E-state index in [9.17, 15) is 13.2 Å². The zero-order valence-electron chi connectivity index (χ0n) is 17.7. The van der Waals surface area contributed by atoms with Crippen molar-refractivity contribution in [3.8, 4) is 5.75 Å². The Kier molecular flexibility index (Phi) is 7.14. The highest BCUT2D eigenvalue weighted by atomic mass is 32.2. The Balaban J connectivity index is 1.76. The number of ether oxygens (including phenoxy) is 1.